The first-order valence-corrected chi connectivity index (χ1v) is 15.8. The number of hydrogen-bond acceptors (Lipinski definition) is 8. The van der Waals surface area contributed by atoms with Crippen molar-refractivity contribution in [2.45, 2.75) is 62.4 Å². The van der Waals surface area contributed by atoms with E-state index in [4.69, 9.17) is 10.2 Å². The average Bonchev–Trinajstić information content (AvgIpc) is 2.94. The van der Waals surface area contributed by atoms with E-state index in [9.17, 15) is 62.1 Å². The fourth-order valence-electron chi connectivity index (χ4n) is 1.47. The number of hydrogen-bond donors (Lipinski definition) is 2. The van der Waals surface area contributed by atoms with Crippen LogP contribution in [0.25, 0.3) is 0 Å². The van der Waals surface area contributed by atoms with Gasteiger partial charge in [0.15, 0.2) is 0 Å². The molecule has 1 aliphatic heterocycles. The third-order valence-corrected chi connectivity index (χ3v) is 3.71. The van der Waals surface area contributed by atoms with Gasteiger partial charge in [-0.2, -0.15) is 39.5 Å². The Balaban J connectivity index is -0.000000128. The minimum atomic E-state index is -5.02. The van der Waals surface area contributed by atoms with Gasteiger partial charge in [0.05, 0.1) is 12.8 Å². The van der Waals surface area contributed by atoms with E-state index in [0.29, 0.717) is 6.08 Å². The van der Waals surface area contributed by atoms with Crippen LogP contribution in [-0.4, -0.2) is 65.7 Å². The van der Waals surface area contributed by atoms with Crippen LogP contribution < -0.4 is 29.6 Å². The standard InChI is InChI=1S/C6H5F3O3.C4H7F3O4S.C4H5F3O.I2.HI.Na/c7-6(8,9)2-3-1-4(10)12-5(3)11;5-4(6,7)2-1-3(8)12(9,10)11;5-4(6,7)2-1-3-8;1-2;;/h1,5,11H,2H2;3,8H,1-2H2,(H,9,10,11);3H,1-2H2;;1H;/q;;;;;+1/p-1. The minimum Gasteiger partial charge on any atom is -0.746 e. The SMILES string of the molecule is I.II.O=C1C=C(CC(F)(F)F)C(O)O1.O=CCCC(F)(F)F.O=S(=O)([O-])C(O)CCC(F)(F)F.[Na+]. The fraction of sp³-hybridized carbons (Fsp3) is 0.714. The molecule has 1 rings (SSSR count). The van der Waals surface area contributed by atoms with Crippen LogP contribution in [0.15, 0.2) is 11.6 Å². The largest absolute Gasteiger partial charge is 1.00 e. The first kappa shape index (κ1) is 47.1. The number of carbonyl (C=O) groups excluding carboxylic acids is 2. The van der Waals surface area contributed by atoms with E-state index in [1.54, 1.807) is 0 Å². The van der Waals surface area contributed by atoms with Gasteiger partial charge in [-0.1, -0.05) is 0 Å². The molecule has 0 fully saturated rings. The summed E-state index contributed by atoms with van der Waals surface area (Å²) in [5.41, 5.74) is -2.92. The molecule has 0 aliphatic carbocycles. The molecule has 22 heteroatoms. The van der Waals surface area contributed by atoms with Crippen molar-refractivity contribution < 1.29 is 107 Å². The average molecular weight is 920 g/mol. The van der Waals surface area contributed by atoms with Crippen molar-refractivity contribution in [3.63, 3.8) is 0 Å². The summed E-state index contributed by atoms with van der Waals surface area (Å²) in [7, 11) is -5.02. The van der Waals surface area contributed by atoms with Crippen molar-refractivity contribution >= 4 is 83.6 Å². The van der Waals surface area contributed by atoms with E-state index in [1.807, 2.05) is 0 Å². The Kier molecular flexibility index (Phi) is 28.8. The van der Waals surface area contributed by atoms with E-state index in [-0.39, 0.29) is 59.8 Å². The Morgan fingerprint density at radius 1 is 1.03 bits per heavy atom. The number of halogens is 12. The van der Waals surface area contributed by atoms with Crippen LogP contribution in [0.2, 0.25) is 0 Å². The number of aliphatic hydroxyl groups excluding tert-OH is 2. The third-order valence-electron chi connectivity index (χ3n) is 2.81. The Morgan fingerprint density at radius 2 is 1.44 bits per heavy atom. The van der Waals surface area contributed by atoms with Crippen molar-refractivity contribution in [1.82, 2.24) is 0 Å². The summed E-state index contributed by atoms with van der Waals surface area (Å²) in [5.74, 6) is -0.943. The number of aldehydes is 1. The molecule has 36 heavy (non-hydrogen) atoms. The zero-order valence-electron chi connectivity index (χ0n) is 17.7. The summed E-state index contributed by atoms with van der Waals surface area (Å²) >= 11 is 4.24. The van der Waals surface area contributed by atoms with E-state index in [2.05, 4.69) is 42.0 Å². The zero-order valence-corrected chi connectivity index (χ0v) is 27.1. The molecule has 2 atom stereocenters. The van der Waals surface area contributed by atoms with E-state index < -0.39 is 84.0 Å². The second-order valence-electron chi connectivity index (χ2n) is 5.72. The summed E-state index contributed by atoms with van der Waals surface area (Å²) in [5, 5.41) is 17.1. The maximum atomic E-state index is 11.7. The molecule has 0 spiro atoms. The number of carbonyl (C=O) groups is 2. The molecule has 0 aromatic rings. The molecule has 0 aromatic carbocycles. The minimum absolute atomic E-state index is 0. The van der Waals surface area contributed by atoms with Crippen molar-refractivity contribution in [2.75, 3.05) is 0 Å². The maximum absolute atomic E-state index is 11.7. The maximum Gasteiger partial charge on any atom is 1.00 e. The summed E-state index contributed by atoms with van der Waals surface area (Å²) < 4.78 is 136. The van der Waals surface area contributed by atoms with Crippen molar-refractivity contribution in [3.8, 4) is 0 Å². The monoisotopic (exact) mass is 920 g/mol. The van der Waals surface area contributed by atoms with Gasteiger partial charge in [0, 0.05) is 61.7 Å². The fourth-order valence-corrected chi connectivity index (χ4v) is 1.87. The first-order chi connectivity index (χ1) is 15.1. The normalized spacial score (nSPS) is 16.0. The number of aliphatic hydroxyl groups is 2. The van der Waals surface area contributed by atoms with E-state index >= 15 is 0 Å². The summed E-state index contributed by atoms with van der Waals surface area (Å²) in [4.78, 5) is 19.7. The molecule has 0 saturated carbocycles. The molecule has 0 radical (unpaired) electrons. The van der Waals surface area contributed by atoms with Crippen LogP contribution in [0.1, 0.15) is 32.1 Å². The molecule has 8 nitrogen and oxygen atoms in total. The topological polar surface area (TPSA) is 141 Å². The van der Waals surface area contributed by atoms with Crippen LogP contribution in [0.3, 0.4) is 0 Å². The van der Waals surface area contributed by atoms with Crippen LogP contribution >= 0.6 is 61.2 Å². The quantitative estimate of drug-likeness (QED) is 0.103. The van der Waals surface area contributed by atoms with E-state index in [1.165, 1.54) is 0 Å². The predicted octanol–water partition coefficient (Wildman–Crippen LogP) is 1.85. The molecule has 1 heterocycles. The van der Waals surface area contributed by atoms with Gasteiger partial charge in [0.2, 0.25) is 6.29 Å². The smallest absolute Gasteiger partial charge is 0.746 e. The number of alkyl halides is 9. The Morgan fingerprint density at radius 3 is 1.67 bits per heavy atom. The second-order valence-corrected chi connectivity index (χ2v) is 7.25. The molecule has 2 N–H and O–H groups in total. The number of rotatable bonds is 6. The van der Waals surface area contributed by atoms with Crippen molar-refractivity contribution in [2.24, 2.45) is 0 Å². The van der Waals surface area contributed by atoms with Crippen LogP contribution in [0.5, 0.6) is 0 Å². The predicted molar refractivity (Wildman–Crippen MR) is 127 cm³/mol. The van der Waals surface area contributed by atoms with Crippen LogP contribution in [-0.2, 0) is 24.4 Å². The first-order valence-electron chi connectivity index (χ1n) is 8.07. The number of cyclic esters (lactones) is 1. The molecule has 0 bridgehead atoms. The molecule has 212 valence electrons. The van der Waals surface area contributed by atoms with E-state index in [0.717, 1.165) is 0 Å². The molecule has 0 saturated heterocycles. The van der Waals surface area contributed by atoms with Gasteiger partial charge < -0.3 is 24.3 Å². The molecule has 2 unspecified atom stereocenters. The van der Waals surface area contributed by atoms with Gasteiger partial charge in [0.25, 0.3) is 0 Å². The van der Waals surface area contributed by atoms with Gasteiger partial charge >= 0.3 is 54.1 Å². The van der Waals surface area contributed by atoms with Crippen molar-refractivity contribution in [3.05, 3.63) is 11.6 Å². The number of esters is 1. The molecular formula is C14H17F9I3NaO8S. The Hall–Kier alpha value is 1.27. The Labute approximate surface area is 261 Å². The molecule has 1 aliphatic rings. The zero-order chi connectivity index (χ0) is 28.0. The summed E-state index contributed by atoms with van der Waals surface area (Å²) in [6, 6.07) is 0. The second kappa shape index (κ2) is 22.0. The van der Waals surface area contributed by atoms with Crippen LogP contribution in [0.4, 0.5) is 39.5 Å². The van der Waals surface area contributed by atoms with Gasteiger partial charge in [-0.05, 0) is 6.42 Å². The van der Waals surface area contributed by atoms with Gasteiger partial charge in [-0.15, -0.1) is 24.0 Å². The molecule has 0 aromatic heterocycles. The summed E-state index contributed by atoms with van der Waals surface area (Å²) in [6.45, 7) is 0. The van der Waals surface area contributed by atoms with Gasteiger partial charge in [-0.3, -0.25) is 0 Å². The van der Waals surface area contributed by atoms with Gasteiger partial charge in [-0.25, -0.2) is 13.2 Å². The summed E-state index contributed by atoms with van der Waals surface area (Å²) in [6.07, 6.45) is -19.4. The number of ether oxygens (including phenoxy) is 1. The third kappa shape index (κ3) is 33.3. The molecule has 0 amide bonds. The Bertz CT molecular complexity index is 747. The van der Waals surface area contributed by atoms with Crippen LogP contribution in [0, 0.1) is 0 Å². The van der Waals surface area contributed by atoms with Gasteiger partial charge in [0.1, 0.15) is 21.8 Å². The van der Waals surface area contributed by atoms with Crippen molar-refractivity contribution in [1.29, 1.82) is 0 Å². The molecular weight excluding hydrogens is 903 g/mol.